The zero-order valence-corrected chi connectivity index (χ0v) is 14.3. The minimum absolute atomic E-state index is 0.0733. The van der Waals surface area contributed by atoms with Crippen LogP contribution in [-0.4, -0.2) is 45.4 Å². The van der Waals surface area contributed by atoms with Gasteiger partial charge in [0.15, 0.2) is 0 Å². The van der Waals surface area contributed by atoms with Crippen LogP contribution in [0.5, 0.6) is 0 Å². The molecule has 1 amide bonds. The van der Waals surface area contributed by atoms with Crippen LogP contribution in [0.15, 0.2) is 24.5 Å². The summed E-state index contributed by atoms with van der Waals surface area (Å²) >= 11 is 0. The molecule has 2 aromatic rings. The molecule has 1 atom stereocenters. The van der Waals surface area contributed by atoms with Crippen molar-refractivity contribution in [2.45, 2.75) is 31.8 Å². The van der Waals surface area contributed by atoms with E-state index in [1.54, 1.807) is 7.11 Å². The fourth-order valence-corrected chi connectivity index (χ4v) is 3.56. The van der Waals surface area contributed by atoms with Gasteiger partial charge in [0, 0.05) is 57.7 Å². The van der Waals surface area contributed by atoms with Gasteiger partial charge in [0.05, 0.1) is 12.3 Å². The smallest absolute Gasteiger partial charge is 0.270 e. The number of nitrogens with zero attached hydrogens (tertiary/aromatic N) is 4. The summed E-state index contributed by atoms with van der Waals surface area (Å²) in [5, 5.41) is 4.80. The van der Waals surface area contributed by atoms with Gasteiger partial charge in [-0.2, -0.15) is 5.10 Å². The minimum Gasteiger partial charge on any atom is -0.384 e. The zero-order valence-electron chi connectivity index (χ0n) is 14.3. The van der Waals surface area contributed by atoms with E-state index in [2.05, 4.69) is 10.9 Å². The predicted molar refractivity (Wildman–Crippen MR) is 89.7 cm³/mol. The Bertz CT molecular complexity index is 744. The van der Waals surface area contributed by atoms with Crippen molar-refractivity contribution in [2.24, 2.45) is 13.0 Å². The van der Waals surface area contributed by atoms with E-state index in [0.29, 0.717) is 19.7 Å². The van der Waals surface area contributed by atoms with E-state index in [1.165, 1.54) is 12.8 Å². The van der Waals surface area contributed by atoms with Crippen molar-refractivity contribution >= 4 is 5.91 Å². The minimum atomic E-state index is 0.0733. The Balaban J connectivity index is 1.59. The van der Waals surface area contributed by atoms with Crippen LogP contribution < -0.4 is 0 Å². The van der Waals surface area contributed by atoms with Crippen LogP contribution in [0.4, 0.5) is 0 Å². The molecule has 6 heteroatoms. The number of aryl methyl sites for hydroxylation is 1. The van der Waals surface area contributed by atoms with E-state index >= 15 is 0 Å². The molecule has 2 aliphatic rings. The van der Waals surface area contributed by atoms with Crippen LogP contribution in [0, 0.1) is 5.92 Å². The monoisotopic (exact) mass is 328 g/mol. The first kappa shape index (κ1) is 15.4. The fourth-order valence-electron chi connectivity index (χ4n) is 3.56. The second-order valence-electron chi connectivity index (χ2n) is 7.05. The average Bonchev–Trinajstić information content (AvgIpc) is 3.11. The van der Waals surface area contributed by atoms with Crippen molar-refractivity contribution in [3.05, 3.63) is 41.5 Å². The Morgan fingerprint density at radius 3 is 2.92 bits per heavy atom. The quantitative estimate of drug-likeness (QED) is 0.844. The van der Waals surface area contributed by atoms with Gasteiger partial charge >= 0.3 is 0 Å². The van der Waals surface area contributed by atoms with E-state index in [1.807, 2.05) is 34.8 Å². The SMILES string of the molecule is COCC1CN(C(=O)c2cccn2C)Cc2cn(CC3CC3)nc21. The molecule has 0 aromatic carbocycles. The first-order chi connectivity index (χ1) is 11.7. The number of ether oxygens (including phenoxy) is 1. The van der Waals surface area contributed by atoms with Gasteiger partial charge in [0.25, 0.3) is 5.91 Å². The van der Waals surface area contributed by atoms with Crippen LogP contribution in [-0.2, 0) is 24.9 Å². The van der Waals surface area contributed by atoms with Crippen molar-refractivity contribution in [1.82, 2.24) is 19.2 Å². The van der Waals surface area contributed by atoms with Crippen molar-refractivity contribution < 1.29 is 9.53 Å². The third kappa shape index (κ3) is 2.86. The Kier molecular flexibility index (Phi) is 3.92. The van der Waals surface area contributed by atoms with Crippen molar-refractivity contribution in [1.29, 1.82) is 0 Å². The first-order valence-electron chi connectivity index (χ1n) is 8.61. The first-order valence-corrected chi connectivity index (χ1v) is 8.61. The fraction of sp³-hybridized carbons (Fsp3) is 0.556. The summed E-state index contributed by atoms with van der Waals surface area (Å²) in [7, 11) is 3.61. The van der Waals surface area contributed by atoms with Gasteiger partial charge in [-0.25, -0.2) is 0 Å². The molecule has 0 spiro atoms. The summed E-state index contributed by atoms with van der Waals surface area (Å²) in [6, 6.07) is 3.78. The molecule has 1 aliphatic carbocycles. The van der Waals surface area contributed by atoms with Gasteiger partial charge in [-0.1, -0.05) is 0 Å². The Morgan fingerprint density at radius 2 is 2.25 bits per heavy atom. The largest absolute Gasteiger partial charge is 0.384 e. The number of hydrogen-bond donors (Lipinski definition) is 0. The van der Waals surface area contributed by atoms with Gasteiger partial charge in [0.2, 0.25) is 0 Å². The maximum atomic E-state index is 12.9. The predicted octanol–water partition coefficient (Wildman–Crippen LogP) is 2.02. The van der Waals surface area contributed by atoms with Crippen molar-refractivity contribution in [3.63, 3.8) is 0 Å². The lowest BCUT2D eigenvalue weighted by Crippen LogP contribution is -2.40. The lowest BCUT2D eigenvalue weighted by molar-refractivity contribution is 0.0669. The van der Waals surface area contributed by atoms with Crippen LogP contribution >= 0.6 is 0 Å². The number of hydrogen-bond acceptors (Lipinski definition) is 3. The summed E-state index contributed by atoms with van der Waals surface area (Å²) in [6.07, 6.45) is 6.65. The third-order valence-electron chi connectivity index (χ3n) is 5.02. The highest BCUT2D eigenvalue weighted by molar-refractivity contribution is 5.93. The van der Waals surface area contributed by atoms with Crippen LogP contribution in [0.1, 0.15) is 40.5 Å². The Labute approximate surface area is 142 Å². The zero-order chi connectivity index (χ0) is 16.7. The molecule has 0 bridgehead atoms. The molecule has 6 nitrogen and oxygen atoms in total. The number of fused-ring (bicyclic) bond motifs is 1. The molecule has 1 fully saturated rings. The lowest BCUT2D eigenvalue weighted by Gasteiger charge is -2.31. The van der Waals surface area contributed by atoms with E-state index in [4.69, 9.17) is 9.84 Å². The van der Waals surface area contributed by atoms with Crippen LogP contribution in [0.2, 0.25) is 0 Å². The molecule has 1 unspecified atom stereocenters. The topological polar surface area (TPSA) is 52.3 Å². The van der Waals surface area contributed by atoms with E-state index in [-0.39, 0.29) is 11.8 Å². The van der Waals surface area contributed by atoms with Gasteiger partial charge in [-0.15, -0.1) is 0 Å². The molecule has 128 valence electrons. The highest BCUT2D eigenvalue weighted by Gasteiger charge is 2.33. The normalized spacial score (nSPS) is 20.2. The molecule has 0 radical (unpaired) electrons. The van der Waals surface area contributed by atoms with Gasteiger partial charge in [-0.05, 0) is 30.9 Å². The summed E-state index contributed by atoms with van der Waals surface area (Å²) in [5.41, 5.74) is 2.99. The van der Waals surface area contributed by atoms with Gasteiger partial charge < -0.3 is 14.2 Å². The molecule has 1 saturated carbocycles. The second-order valence-corrected chi connectivity index (χ2v) is 7.05. The molecule has 4 rings (SSSR count). The molecule has 24 heavy (non-hydrogen) atoms. The van der Waals surface area contributed by atoms with Crippen LogP contribution in [0.3, 0.4) is 0 Å². The van der Waals surface area contributed by atoms with Gasteiger partial charge in [0.1, 0.15) is 5.69 Å². The Morgan fingerprint density at radius 1 is 1.42 bits per heavy atom. The number of amides is 1. The molecule has 0 N–H and O–H groups in total. The number of rotatable bonds is 5. The van der Waals surface area contributed by atoms with E-state index in [9.17, 15) is 4.79 Å². The lowest BCUT2D eigenvalue weighted by atomic mass is 9.97. The molecular formula is C18H24N4O2. The molecule has 1 aliphatic heterocycles. The standard InChI is InChI=1S/C18H24N4O2/c1-20-7-3-4-16(20)18(23)21-9-14-11-22(8-13-5-6-13)19-17(14)15(10-21)12-24-2/h3-4,7,11,13,15H,5-6,8-10,12H2,1-2H3. The number of carbonyl (C=O) groups excluding carboxylic acids is 1. The molecule has 3 heterocycles. The van der Waals surface area contributed by atoms with E-state index < -0.39 is 0 Å². The number of methoxy groups -OCH3 is 1. The maximum Gasteiger partial charge on any atom is 0.270 e. The van der Waals surface area contributed by atoms with Crippen molar-refractivity contribution in [2.75, 3.05) is 20.3 Å². The molecular weight excluding hydrogens is 304 g/mol. The number of carbonyl (C=O) groups is 1. The maximum absolute atomic E-state index is 12.9. The number of aromatic nitrogens is 3. The highest BCUT2D eigenvalue weighted by Crippen LogP contribution is 2.33. The Hall–Kier alpha value is -2.08. The average molecular weight is 328 g/mol. The highest BCUT2D eigenvalue weighted by atomic mass is 16.5. The molecule has 0 saturated heterocycles. The summed E-state index contributed by atoms with van der Waals surface area (Å²) in [4.78, 5) is 14.8. The second kappa shape index (κ2) is 6.09. The third-order valence-corrected chi connectivity index (χ3v) is 5.02. The van der Waals surface area contributed by atoms with Crippen molar-refractivity contribution in [3.8, 4) is 0 Å². The molecule has 2 aromatic heterocycles. The summed E-state index contributed by atoms with van der Waals surface area (Å²) < 4.78 is 9.34. The van der Waals surface area contributed by atoms with E-state index in [0.717, 1.165) is 29.4 Å². The summed E-state index contributed by atoms with van der Waals surface area (Å²) in [5.74, 6) is 1.00. The van der Waals surface area contributed by atoms with Crippen LogP contribution in [0.25, 0.3) is 0 Å². The van der Waals surface area contributed by atoms with Gasteiger partial charge in [-0.3, -0.25) is 9.48 Å². The summed E-state index contributed by atoms with van der Waals surface area (Å²) in [6.45, 7) is 2.87.